The first-order valence-corrected chi connectivity index (χ1v) is 5.85. The van der Waals surface area contributed by atoms with E-state index in [4.69, 9.17) is 5.73 Å². The van der Waals surface area contributed by atoms with Crippen molar-refractivity contribution in [3.05, 3.63) is 53.3 Å². The Morgan fingerprint density at radius 3 is 2.33 bits per heavy atom. The first-order valence-electron chi connectivity index (χ1n) is 5.85. The smallest absolute Gasteiger partial charge is 0.128 e. The molecule has 0 amide bonds. The summed E-state index contributed by atoms with van der Waals surface area (Å²) in [7, 11) is 1.94. The molecule has 2 nitrogen and oxygen atoms in total. The van der Waals surface area contributed by atoms with Crippen molar-refractivity contribution in [3.63, 3.8) is 0 Å². The highest BCUT2D eigenvalue weighted by atomic mass is 19.1. The van der Waals surface area contributed by atoms with Gasteiger partial charge < -0.3 is 10.6 Å². The molecule has 2 aromatic rings. The van der Waals surface area contributed by atoms with Crippen LogP contribution in [0.25, 0.3) is 0 Å². The van der Waals surface area contributed by atoms with Crippen molar-refractivity contribution in [1.29, 1.82) is 0 Å². The van der Waals surface area contributed by atoms with Crippen LogP contribution in [-0.4, -0.2) is 7.05 Å². The van der Waals surface area contributed by atoms with Crippen LogP contribution in [-0.2, 0) is 0 Å². The third-order valence-electron chi connectivity index (χ3n) is 3.15. The van der Waals surface area contributed by atoms with Crippen LogP contribution < -0.4 is 10.6 Å². The highest BCUT2D eigenvalue weighted by Crippen LogP contribution is 2.32. The van der Waals surface area contributed by atoms with Gasteiger partial charge >= 0.3 is 0 Å². The maximum atomic E-state index is 13.4. The summed E-state index contributed by atoms with van der Waals surface area (Å²) in [5.74, 6) is -0.269. The van der Waals surface area contributed by atoms with Crippen LogP contribution in [0.1, 0.15) is 11.1 Å². The van der Waals surface area contributed by atoms with E-state index in [0.717, 1.165) is 16.9 Å². The van der Waals surface area contributed by atoms with Gasteiger partial charge in [-0.3, -0.25) is 0 Å². The summed E-state index contributed by atoms with van der Waals surface area (Å²) in [5.41, 5.74) is 9.98. The standard InChI is InChI=1S/C15H17FN2/c1-10-6-4-5-7-14(10)18(3)15-8-11(2)12(16)9-13(15)17/h4-9H,17H2,1-3H3. The first kappa shape index (κ1) is 12.4. The van der Waals surface area contributed by atoms with Gasteiger partial charge in [0.25, 0.3) is 0 Å². The van der Waals surface area contributed by atoms with E-state index in [0.29, 0.717) is 11.3 Å². The van der Waals surface area contributed by atoms with Gasteiger partial charge in [-0.2, -0.15) is 0 Å². The molecule has 0 saturated heterocycles. The minimum Gasteiger partial charge on any atom is -0.397 e. The average molecular weight is 244 g/mol. The number of aryl methyl sites for hydroxylation is 2. The Labute approximate surface area is 107 Å². The van der Waals surface area contributed by atoms with Crippen molar-refractivity contribution in [2.75, 3.05) is 17.7 Å². The highest BCUT2D eigenvalue weighted by Gasteiger charge is 2.11. The molecule has 2 aromatic carbocycles. The first-order chi connectivity index (χ1) is 8.50. The fourth-order valence-corrected chi connectivity index (χ4v) is 2.04. The number of nitrogens with zero attached hydrogens (tertiary/aromatic N) is 1. The van der Waals surface area contributed by atoms with Crippen LogP contribution in [0.4, 0.5) is 21.5 Å². The van der Waals surface area contributed by atoms with Gasteiger partial charge in [0, 0.05) is 12.7 Å². The monoisotopic (exact) mass is 244 g/mol. The van der Waals surface area contributed by atoms with Gasteiger partial charge in [-0.05, 0) is 43.2 Å². The van der Waals surface area contributed by atoms with Crippen molar-refractivity contribution >= 4 is 17.1 Å². The molecular formula is C15H17FN2. The number of rotatable bonds is 2. The lowest BCUT2D eigenvalue weighted by molar-refractivity contribution is 0.619. The van der Waals surface area contributed by atoms with Gasteiger partial charge in [0.2, 0.25) is 0 Å². The molecule has 0 bridgehead atoms. The number of anilines is 3. The van der Waals surface area contributed by atoms with E-state index in [9.17, 15) is 4.39 Å². The van der Waals surface area contributed by atoms with Crippen LogP contribution in [0.15, 0.2) is 36.4 Å². The maximum absolute atomic E-state index is 13.4. The number of para-hydroxylation sites is 1. The Balaban J connectivity index is 2.50. The fraction of sp³-hybridized carbons (Fsp3) is 0.200. The molecular weight excluding hydrogens is 227 g/mol. The van der Waals surface area contributed by atoms with E-state index in [1.165, 1.54) is 6.07 Å². The lowest BCUT2D eigenvalue weighted by Gasteiger charge is -2.23. The molecule has 0 unspecified atom stereocenters. The van der Waals surface area contributed by atoms with E-state index in [2.05, 4.69) is 0 Å². The third-order valence-corrected chi connectivity index (χ3v) is 3.15. The Kier molecular flexibility index (Phi) is 3.24. The van der Waals surface area contributed by atoms with Gasteiger partial charge in [-0.15, -0.1) is 0 Å². The molecule has 0 aliphatic carbocycles. The topological polar surface area (TPSA) is 29.3 Å². The summed E-state index contributed by atoms with van der Waals surface area (Å²) in [6.45, 7) is 3.78. The molecule has 2 N–H and O–H groups in total. The normalized spacial score (nSPS) is 10.4. The lowest BCUT2D eigenvalue weighted by Crippen LogP contribution is -2.13. The molecule has 0 aliphatic rings. The summed E-state index contributed by atoms with van der Waals surface area (Å²) in [6.07, 6.45) is 0. The zero-order chi connectivity index (χ0) is 13.3. The number of nitrogens with two attached hydrogens (primary N) is 1. The van der Waals surface area contributed by atoms with Crippen LogP contribution in [0.3, 0.4) is 0 Å². The van der Waals surface area contributed by atoms with Crippen molar-refractivity contribution in [1.82, 2.24) is 0 Å². The van der Waals surface area contributed by atoms with E-state index in [-0.39, 0.29) is 5.82 Å². The predicted octanol–water partition coefficient (Wildman–Crippen LogP) is 3.79. The Bertz CT molecular complexity index is 579. The van der Waals surface area contributed by atoms with Gasteiger partial charge in [-0.1, -0.05) is 18.2 Å². The molecule has 94 valence electrons. The van der Waals surface area contributed by atoms with Crippen LogP contribution in [0, 0.1) is 19.7 Å². The van der Waals surface area contributed by atoms with E-state index in [1.807, 2.05) is 43.1 Å². The minimum atomic E-state index is -0.269. The second-order valence-corrected chi connectivity index (χ2v) is 4.51. The van der Waals surface area contributed by atoms with Gasteiger partial charge in [0.1, 0.15) is 5.82 Å². The molecule has 18 heavy (non-hydrogen) atoms. The van der Waals surface area contributed by atoms with Crippen molar-refractivity contribution < 1.29 is 4.39 Å². The summed E-state index contributed by atoms with van der Waals surface area (Å²) < 4.78 is 13.4. The number of benzene rings is 2. The molecule has 0 atom stereocenters. The van der Waals surface area contributed by atoms with Crippen LogP contribution in [0.2, 0.25) is 0 Å². The number of halogens is 1. The summed E-state index contributed by atoms with van der Waals surface area (Å²) in [6, 6.07) is 11.2. The quantitative estimate of drug-likeness (QED) is 0.814. The zero-order valence-electron chi connectivity index (χ0n) is 10.9. The molecule has 0 fully saturated rings. The minimum absolute atomic E-state index is 0.269. The summed E-state index contributed by atoms with van der Waals surface area (Å²) in [4.78, 5) is 1.98. The molecule has 0 heterocycles. The van der Waals surface area contributed by atoms with E-state index in [1.54, 1.807) is 13.0 Å². The fourth-order valence-electron chi connectivity index (χ4n) is 2.04. The summed E-state index contributed by atoms with van der Waals surface area (Å²) in [5, 5.41) is 0. The molecule has 2 rings (SSSR count). The van der Waals surface area contributed by atoms with Crippen LogP contribution in [0.5, 0.6) is 0 Å². The average Bonchev–Trinajstić information content (AvgIpc) is 2.33. The van der Waals surface area contributed by atoms with Gasteiger partial charge in [0.15, 0.2) is 0 Å². The van der Waals surface area contributed by atoms with Crippen molar-refractivity contribution in [2.45, 2.75) is 13.8 Å². The molecule has 0 aromatic heterocycles. The molecule has 0 radical (unpaired) electrons. The third kappa shape index (κ3) is 2.16. The largest absolute Gasteiger partial charge is 0.397 e. The Morgan fingerprint density at radius 2 is 1.67 bits per heavy atom. The van der Waals surface area contributed by atoms with Gasteiger partial charge in [-0.25, -0.2) is 4.39 Å². The number of hydrogen-bond acceptors (Lipinski definition) is 2. The molecule has 0 spiro atoms. The Hall–Kier alpha value is -2.03. The molecule has 0 aliphatic heterocycles. The number of nitrogen functional groups attached to an aromatic ring is 1. The van der Waals surface area contributed by atoms with E-state index < -0.39 is 0 Å². The lowest BCUT2D eigenvalue weighted by atomic mass is 10.1. The SMILES string of the molecule is Cc1cc(N(C)c2ccccc2C)c(N)cc1F. The molecule has 3 heteroatoms. The predicted molar refractivity (Wildman–Crippen MR) is 74.8 cm³/mol. The molecule has 0 saturated carbocycles. The second-order valence-electron chi connectivity index (χ2n) is 4.51. The second kappa shape index (κ2) is 4.69. The van der Waals surface area contributed by atoms with Crippen molar-refractivity contribution in [3.8, 4) is 0 Å². The summed E-state index contributed by atoms with van der Waals surface area (Å²) >= 11 is 0. The van der Waals surface area contributed by atoms with Crippen LogP contribution >= 0.6 is 0 Å². The number of hydrogen-bond donors (Lipinski definition) is 1. The van der Waals surface area contributed by atoms with Gasteiger partial charge in [0.05, 0.1) is 11.4 Å². The highest BCUT2D eigenvalue weighted by molar-refractivity contribution is 5.76. The van der Waals surface area contributed by atoms with Crippen molar-refractivity contribution in [2.24, 2.45) is 0 Å². The maximum Gasteiger partial charge on any atom is 0.128 e. The zero-order valence-corrected chi connectivity index (χ0v) is 10.9. The van der Waals surface area contributed by atoms with E-state index >= 15 is 0 Å². The Morgan fingerprint density at radius 1 is 1.00 bits per heavy atom.